The monoisotopic (exact) mass is 288 g/mol. The second-order valence-electron chi connectivity index (χ2n) is 4.47. The molecular formula is C15H12O6. The van der Waals surface area contributed by atoms with Crippen LogP contribution >= 0.6 is 0 Å². The first kappa shape index (κ1) is 14.4. The van der Waals surface area contributed by atoms with Gasteiger partial charge < -0.3 is 20.4 Å². The summed E-state index contributed by atoms with van der Waals surface area (Å²) < 4.78 is 0. The Balaban J connectivity index is 2.52. The van der Waals surface area contributed by atoms with E-state index in [1.807, 2.05) is 0 Å². The highest BCUT2D eigenvalue weighted by Crippen LogP contribution is 2.24. The first-order chi connectivity index (χ1) is 9.88. The number of carbonyl (C=O) groups is 2. The van der Waals surface area contributed by atoms with E-state index in [2.05, 4.69) is 0 Å². The smallest absolute Gasteiger partial charge is 0.335 e. The molecule has 0 saturated carbocycles. The Bertz CT molecular complexity index is 659. The Hall–Kier alpha value is -3.02. The molecule has 0 spiro atoms. The largest absolute Gasteiger partial charge is 0.508 e. The minimum Gasteiger partial charge on any atom is -0.508 e. The topological polar surface area (TPSA) is 115 Å². The Labute approximate surface area is 119 Å². The summed E-state index contributed by atoms with van der Waals surface area (Å²) in [5.74, 6) is -2.59. The van der Waals surface area contributed by atoms with Crippen molar-refractivity contribution in [3.05, 3.63) is 58.7 Å². The van der Waals surface area contributed by atoms with E-state index in [-0.39, 0.29) is 40.2 Å². The summed E-state index contributed by atoms with van der Waals surface area (Å²) in [5, 5.41) is 37.2. The number of hydrogen-bond donors (Lipinski definition) is 4. The van der Waals surface area contributed by atoms with Gasteiger partial charge in [0.15, 0.2) is 0 Å². The maximum absolute atomic E-state index is 11.2. The van der Waals surface area contributed by atoms with Gasteiger partial charge in [0.2, 0.25) is 0 Å². The van der Waals surface area contributed by atoms with Crippen LogP contribution in [0.1, 0.15) is 31.8 Å². The van der Waals surface area contributed by atoms with Crippen molar-refractivity contribution < 1.29 is 30.0 Å². The van der Waals surface area contributed by atoms with Crippen LogP contribution in [0.4, 0.5) is 0 Å². The van der Waals surface area contributed by atoms with Gasteiger partial charge in [-0.05, 0) is 53.9 Å². The third kappa shape index (κ3) is 3.11. The lowest BCUT2D eigenvalue weighted by Gasteiger charge is -2.10. The quantitative estimate of drug-likeness (QED) is 0.684. The number of carboxylic acid groups (broad SMARTS) is 2. The molecule has 0 heterocycles. The Morgan fingerprint density at radius 3 is 1.48 bits per heavy atom. The fourth-order valence-electron chi connectivity index (χ4n) is 2.08. The van der Waals surface area contributed by atoms with Crippen LogP contribution in [0.5, 0.6) is 11.5 Å². The highest BCUT2D eigenvalue weighted by molar-refractivity contribution is 5.91. The highest BCUT2D eigenvalue weighted by Gasteiger charge is 2.16. The minimum atomic E-state index is -1.18. The zero-order chi connectivity index (χ0) is 15.6. The van der Waals surface area contributed by atoms with Gasteiger partial charge in [-0.2, -0.15) is 0 Å². The van der Waals surface area contributed by atoms with E-state index in [4.69, 9.17) is 10.2 Å². The summed E-state index contributed by atoms with van der Waals surface area (Å²) in [4.78, 5) is 22.3. The number of benzene rings is 2. The van der Waals surface area contributed by atoms with Crippen LogP contribution in [0, 0.1) is 0 Å². The molecule has 2 aromatic rings. The molecule has 0 amide bonds. The van der Waals surface area contributed by atoms with E-state index in [0.29, 0.717) is 0 Å². The normalized spacial score (nSPS) is 10.3. The third-order valence-corrected chi connectivity index (χ3v) is 3.02. The lowest BCUT2D eigenvalue weighted by atomic mass is 9.96. The standard InChI is InChI=1S/C15H12O6/c16-10-1-3-12(14(18)19)8(6-10)5-9-7-11(17)2-4-13(9)15(20)21/h1-4,6-7,16-17H,5H2,(H,18,19)(H,20,21). The number of aromatic hydroxyl groups is 2. The lowest BCUT2D eigenvalue weighted by Crippen LogP contribution is -2.07. The van der Waals surface area contributed by atoms with Crippen LogP contribution in [-0.4, -0.2) is 32.4 Å². The van der Waals surface area contributed by atoms with Gasteiger partial charge in [0.1, 0.15) is 11.5 Å². The van der Waals surface area contributed by atoms with Gasteiger partial charge in [0, 0.05) is 0 Å². The van der Waals surface area contributed by atoms with Crippen LogP contribution in [-0.2, 0) is 6.42 Å². The molecule has 2 rings (SSSR count). The molecule has 0 bridgehead atoms. The fraction of sp³-hybridized carbons (Fsp3) is 0.0667. The number of aromatic carboxylic acids is 2. The van der Waals surface area contributed by atoms with Crippen molar-refractivity contribution >= 4 is 11.9 Å². The molecule has 21 heavy (non-hydrogen) atoms. The van der Waals surface area contributed by atoms with Crippen LogP contribution in [0.3, 0.4) is 0 Å². The number of phenolic OH excluding ortho intramolecular Hbond substituents is 2. The van der Waals surface area contributed by atoms with Gasteiger partial charge in [-0.1, -0.05) is 0 Å². The maximum atomic E-state index is 11.2. The molecule has 0 aliphatic carbocycles. The van der Waals surface area contributed by atoms with Crippen molar-refractivity contribution in [3.63, 3.8) is 0 Å². The third-order valence-electron chi connectivity index (χ3n) is 3.02. The summed E-state index contributed by atoms with van der Waals surface area (Å²) in [7, 11) is 0. The van der Waals surface area contributed by atoms with Crippen molar-refractivity contribution in [1.82, 2.24) is 0 Å². The second-order valence-corrected chi connectivity index (χ2v) is 4.47. The molecule has 0 saturated heterocycles. The molecule has 0 radical (unpaired) electrons. The van der Waals surface area contributed by atoms with E-state index in [9.17, 15) is 19.8 Å². The SMILES string of the molecule is O=C(O)c1ccc(O)cc1Cc1cc(O)ccc1C(=O)O. The average Bonchev–Trinajstić information content (AvgIpc) is 2.38. The molecule has 0 atom stereocenters. The van der Waals surface area contributed by atoms with Crippen LogP contribution in [0.2, 0.25) is 0 Å². The maximum Gasteiger partial charge on any atom is 0.335 e. The van der Waals surface area contributed by atoms with E-state index < -0.39 is 11.9 Å². The molecule has 108 valence electrons. The molecule has 0 fully saturated rings. The summed E-state index contributed by atoms with van der Waals surface area (Å²) in [6.07, 6.45) is -0.0356. The first-order valence-corrected chi connectivity index (χ1v) is 5.99. The molecule has 6 nitrogen and oxygen atoms in total. The molecule has 0 aliphatic rings. The van der Waals surface area contributed by atoms with E-state index in [0.717, 1.165) is 0 Å². The molecule has 2 aromatic carbocycles. The summed E-state index contributed by atoms with van der Waals surface area (Å²) in [5.41, 5.74) is 0.450. The lowest BCUT2D eigenvalue weighted by molar-refractivity contribution is 0.0686. The van der Waals surface area contributed by atoms with Gasteiger partial charge in [-0.25, -0.2) is 9.59 Å². The predicted octanol–water partition coefficient (Wildman–Crippen LogP) is 2.08. The molecule has 0 aliphatic heterocycles. The molecule has 0 unspecified atom stereocenters. The number of phenols is 2. The zero-order valence-electron chi connectivity index (χ0n) is 10.8. The van der Waals surface area contributed by atoms with Crippen molar-refractivity contribution in [1.29, 1.82) is 0 Å². The van der Waals surface area contributed by atoms with Gasteiger partial charge in [-0.3, -0.25) is 0 Å². The zero-order valence-corrected chi connectivity index (χ0v) is 10.8. The van der Waals surface area contributed by atoms with E-state index >= 15 is 0 Å². The van der Waals surface area contributed by atoms with E-state index in [1.54, 1.807) is 0 Å². The Morgan fingerprint density at radius 1 is 0.762 bits per heavy atom. The highest BCUT2D eigenvalue weighted by atomic mass is 16.4. The summed E-state index contributed by atoms with van der Waals surface area (Å²) >= 11 is 0. The Morgan fingerprint density at radius 2 is 1.14 bits per heavy atom. The first-order valence-electron chi connectivity index (χ1n) is 5.99. The number of carboxylic acids is 2. The second kappa shape index (κ2) is 5.54. The Kier molecular flexibility index (Phi) is 3.80. The summed E-state index contributed by atoms with van der Waals surface area (Å²) in [6.45, 7) is 0. The molecule has 6 heteroatoms. The van der Waals surface area contributed by atoms with E-state index in [1.165, 1.54) is 36.4 Å². The molecule has 0 aromatic heterocycles. The molecule has 4 N–H and O–H groups in total. The number of hydrogen-bond acceptors (Lipinski definition) is 4. The van der Waals surface area contributed by atoms with Crippen LogP contribution in [0.25, 0.3) is 0 Å². The minimum absolute atomic E-state index is 0.0347. The van der Waals surface area contributed by atoms with Gasteiger partial charge >= 0.3 is 11.9 Å². The van der Waals surface area contributed by atoms with Crippen LogP contribution < -0.4 is 0 Å². The fourth-order valence-corrected chi connectivity index (χ4v) is 2.08. The summed E-state index contributed by atoms with van der Waals surface area (Å²) in [6, 6.07) is 7.51. The van der Waals surface area contributed by atoms with Crippen LogP contribution in [0.15, 0.2) is 36.4 Å². The van der Waals surface area contributed by atoms with Gasteiger partial charge in [-0.15, -0.1) is 0 Å². The van der Waals surface area contributed by atoms with Crippen molar-refractivity contribution in [2.24, 2.45) is 0 Å². The van der Waals surface area contributed by atoms with Gasteiger partial charge in [0.25, 0.3) is 0 Å². The molecular weight excluding hydrogens is 276 g/mol. The van der Waals surface area contributed by atoms with Gasteiger partial charge in [0.05, 0.1) is 11.1 Å². The van der Waals surface area contributed by atoms with Crippen molar-refractivity contribution in [2.75, 3.05) is 0 Å². The average molecular weight is 288 g/mol. The van der Waals surface area contributed by atoms with Crippen molar-refractivity contribution in [3.8, 4) is 11.5 Å². The predicted molar refractivity (Wildman–Crippen MR) is 72.9 cm³/mol. The van der Waals surface area contributed by atoms with Crippen molar-refractivity contribution in [2.45, 2.75) is 6.42 Å². The number of rotatable bonds is 4.